The number of sulfonamides is 1. The summed E-state index contributed by atoms with van der Waals surface area (Å²) in [5, 5.41) is 7.98. The summed E-state index contributed by atoms with van der Waals surface area (Å²) in [6.45, 7) is 0.594. The van der Waals surface area contributed by atoms with E-state index >= 15 is 0 Å². The number of aromatic nitrogens is 1. The highest BCUT2D eigenvalue weighted by molar-refractivity contribution is 7.89. The molecule has 2 N–H and O–H groups in total. The third kappa shape index (κ3) is 7.39. The highest BCUT2D eigenvalue weighted by atomic mass is 35.5. The van der Waals surface area contributed by atoms with Gasteiger partial charge in [-0.1, -0.05) is 53.5 Å². The number of rotatable bonds is 12. The minimum atomic E-state index is -4.12. The van der Waals surface area contributed by atoms with Crippen LogP contribution in [0, 0.1) is 0 Å². The number of halogens is 2. The molecule has 0 atom stereocenters. The van der Waals surface area contributed by atoms with Gasteiger partial charge in [0.05, 0.1) is 19.2 Å². The zero-order valence-electron chi connectivity index (χ0n) is 21.2. The van der Waals surface area contributed by atoms with E-state index in [1.54, 1.807) is 30.5 Å². The zero-order chi connectivity index (χ0) is 27.8. The Balaban J connectivity index is 1.40. The van der Waals surface area contributed by atoms with E-state index in [4.69, 9.17) is 27.9 Å². The van der Waals surface area contributed by atoms with Crippen LogP contribution in [0.3, 0.4) is 0 Å². The quantitative estimate of drug-likeness (QED) is 0.217. The molecule has 0 fully saturated rings. The monoisotopic (exact) mass is 586 g/mol. The predicted molar refractivity (Wildman–Crippen MR) is 155 cm³/mol. The molecule has 4 rings (SSSR count). The summed E-state index contributed by atoms with van der Waals surface area (Å²) in [6, 6.07) is 20.8. The molecule has 4 aromatic rings. The highest BCUT2D eigenvalue weighted by Crippen LogP contribution is 2.30. The van der Waals surface area contributed by atoms with Crippen molar-refractivity contribution in [3.63, 3.8) is 0 Å². The topological polar surface area (TPSA) is 101 Å². The Kier molecular flexibility index (Phi) is 9.63. The van der Waals surface area contributed by atoms with E-state index in [2.05, 4.69) is 15.6 Å². The predicted octanol–water partition coefficient (Wildman–Crippen LogP) is 5.36. The molecule has 1 amide bonds. The van der Waals surface area contributed by atoms with Crippen molar-refractivity contribution < 1.29 is 17.9 Å². The first-order valence-corrected chi connectivity index (χ1v) is 14.4. The van der Waals surface area contributed by atoms with Crippen LogP contribution in [0.2, 0.25) is 10.0 Å². The Hall–Kier alpha value is -3.37. The number of hydrogen-bond acceptors (Lipinski definition) is 6. The lowest BCUT2D eigenvalue weighted by atomic mass is 10.2. The number of benzene rings is 3. The van der Waals surface area contributed by atoms with Crippen molar-refractivity contribution in [2.24, 2.45) is 0 Å². The summed E-state index contributed by atoms with van der Waals surface area (Å²) < 4.78 is 33.7. The fraction of sp³-hybridized carbons (Fsp3) is 0.214. The first-order chi connectivity index (χ1) is 18.8. The molecule has 0 aliphatic heterocycles. The first-order valence-electron chi connectivity index (χ1n) is 12.2. The van der Waals surface area contributed by atoms with Gasteiger partial charge in [-0.2, -0.15) is 4.31 Å². The number of carbonyl (C=O) groups excluding carboxylic acids is 1. The van der Waals surface area contributed by atoms with Crippen LogP contribution in [0.4, 0.5) is 5.69 Å². The van der Waals surface area contributed by atoms with Gasteiger partial charge < -0.3 is 15.4 Å². The maximum Gasteiger partial charge on any atom is 0.247 e. The SMILES string of the molecule is COc1ccc(Cl)cc1S(=O)(=O)N(CC(=O)NCCCNc1ccnc2cc(Cl)ccc12)Cc1ccccc1. The summed E-state index contributed by atoms with van der Waals surface area (Å²) in [4.78, 5) is 17.1. The summed E-state index contributed by atoms with van der Waals surface area (Å²) >= 11 is 12.2. The van der Waals surface area contributed by atoms with E-state index in [-0.39, 0.29) is 28.8 Å². The van der Waals surface area contributed by atoms with Crippen LogP contribution in [-0.2, 0) is 21.4 Å². The van der Waals surface area contributed by atoms with Crippen molar-refractivity contribution in [1.29, 1.82) is 0 Å². The maximum absolute atomic E-state index is 13.6. The molecule has 0 aliphatic carbocycles. The van der Waals surface area contributed by atoms with Gasteiger partial charge in [0.1, 0.15) is 10.6 Å². The number of pyridine rings is 1. The number of nitrogens with one attached hydrogen (secondary N) is 2. The molecule has 0 spiro atoms. The van der Waals surface area contributed by atoms with Gasteiger partial charge >= 0.3 is 0 Å². The number of methoxy groups -OCH3 is 1. The summed E-state index contributed by atoms with van der Waals surface area (Å²) in [5.74, 6) is -0.269. The number of carbonyl (C=O) groups is 1. The minimum Gasteiger partial charge on any atom is -0.495 e. The van der Waals surface area contributed by atoms with Crippen molar-refractivity contribution >= 4 is 55.7 Å². The second-order valence-electron chi connectivity index (χ2n) is 8.70. The average molecular weight is 588 g/mol. The van der Waals surface area contributed by atoms with E-state index in [9.17, 15) is 13.2 Å². The molecule has 8 nitrogen and oxygen atoms in total. The van der Waals surface area contributed by atoms with Gasteiger partial charge in [-0.25, -0.2) is 8.42 Å². The third-order valence-electron chi connectivity index (χ3n) is 5.96. The maximum atomic E-state index is 13.6. The smallest absolute Gasteiger partial charge is 0.247 e. The standard InChI is InChI=1S/C28H28Cl2N4O4S/c1-38-26-11-9-22(30)17-27(26)39(36,37)34(18-20-6-3-2-4-7-20)19-28(35)33-14-5-13-31-24-12-15-32-25-16-21(29)8-10-23(24)25/h2-4,6-12,15-17H,5,13-14,18-19H2,1H3,(H,31,32)(H,33,35). The first kappa shape index (κ1) is 28.6. The number of nitrogens with zero attached hydrogens (tertiary/aromatic N) is 2. The molecule has 0 saturated heterocycles. The van der Waals surface area contributed by atoms with Gasteiger partial charge in [0.15, 0.2) is 0 Å². The number of amides is 1. The number of ether oxygens (including phenoxy) is 1. The van der Waals surface area contributed by atoms with Crippen LogP contribution in [0.1, 0.15) is 12.0 Å². The number of fused-ring (bicyclic) bond motifs is 1. The molecule has 0 bridgehead atoms. The van der Waals surface area contributed by atoms with Crippen molar-refractivity contribution in [2.75, 3.05) is 32.1 Å². The van der Waals surface area contributed by atoms with Crippen LogP contribution < -0.4 is 15.4 Å². The van der Waals surface area contributed by atoms with E-state index in [0.29, 0.717) is 24.5 Å². The largest absolute Gasteiger partial charge is 0.495 e. The Bertz CT molecular complexity index is 1550. The van der Waals surface area contributed by atoms with E-state index in [1.807, 2.05) is 36.4 Å². The summed E-state index contributed by atoms with van der Waals surface area (Å²) in [5.41, 5.74) is 2.44. The molecule has 11 heteroatoms. The van der Waals surface area contributed by atoms with Gasteiger partial charge in [-0.15, -0.1) is 0 Å². The number of hydrogen-bond donors (Lipinski definition) is 2. The Morgan fingerprint density at radius 3 is 2.49 bits per heavy atom. The van der Waals surface area contributed by atoms with E-state index in [1.165, 1.54) is 19.2 Å². The molecule has 1 heterocycles. The molecular weight excluding hydrogens is 559 g/mol. The van der Waals surface area contributed by atoms with Crippen molar-refractivity contribution in [3.8, 4) is 5.75 Å². The molecular formula is C28H28Cl2N4O4S. The zero-order valence-corrected chi connectivity index (χ0v) is 23.6. The van der Waals surface area contributed by atoms with Crippen LogP contribution in [0.25, 0.3) is 10.9 Å². The van der Waals surface area contributed by atoms with Gasteiger partial charge in [0.2, 0.25) is 15.9 Å². The van der Waals surface area contributed by atoms with Gasteiger partial charge in [-0.3, -0.25) is 9.78 Å². The van der Waals surface area contributed by atoms with Gasteiger partial charge in [0, 0.05) is 46.9 Å². The lowest BCUT2D eigenvalue weighted by Crippen LogP contribution is -2.40. The molecule has 0 unspecified atom stereocenters. The summed E-state index contributed by atoms with van der Waals surface area (Å²) in [6.07, 6.45) is 2.33. The lowest BCUT2D eigenvalue weighted by molar-refractivity contribution is -0.121. The van der Waals surface area contributed by atoms with Crippen molar-refractivity contribution in [3.05, 3.63) is 94.6 Å². The fourth-order valence-corrected chi connectivity index (χ4v) is 6.00. The highest BCUT2D eigenvalue weighted by Gasteiger charge is 2.30. The van der Waals surface area contributed by atoms with Crippen molar-refractivity contribution in [1.82, 2.24) is 14.6 Å². The molecule has 1 aromatic heterocycles. The Labute approximate surface area is 238 Å². The molecule has 0 saturated carbocycles. The third-order valence-corrected chi connectivity index (χ3v) is 8.24. The van der Waals surface area contributed by atoms with Crippen molar-refractivity contribution in [2.45, 2.75) is 17.9 Å². The van der Waals surface area contributed by atoms with E-state index in [0.717, 1.165) is 26.5 Å². The molecule has 0 aliphatic rings. The number of anilines is 1. The molecule has 204 valence electrons. The second-order valence-corrected chi connectivity index (χ2v) is 11.5. The molecule has 3 aromatic carbocycles. The Morgan fingerprint density at radius 2 is 1.72 bits per heavy atom. The van der Waals surface area contributed by atoms with Crippen LogP contribution in [0.15, 0.2) is 83.9 Å². The molecule has 0 radical (unpaired) electrons. The van der Waals surface area contributed by atoms with Crippen LogP contribution >= 0.6 is 23.2 Å². The lowest BCUT2D eigenvalue weighted by Gasteiger charge is -2.23. The molecule has 39 heavy (non-hydrogen) atoms. The fourth-order valence-electron chi connectivity index (χ4n) is 4.03. The van der Waals surface area contributed by atoms with Crippen LogP contribution in [-0.4, -0.2) is 50.4 Å². The normalized spacial score (nSPS) is 11.5. The second kappa shape index (κ2) is 13.1. The van der Waals surface area contributed by atoms with Crippen LogP contribution in [0.5, 0.6) is 5.75 Å². The average Bonchev–Trinajstić information content (AvgIpc) is 2.93. The van der Waals surface area contributed by atoms with Gasteiger partial charge in [0.25, 0.3) is 0 Å². The minimum absolute atomic E-state index is 0.00689. The van der Waals surface area contributed by atoms with E-state index < -0.39 is 15.9 Å². The summed E-state index contributed by atoms with van der Waals surface area (Å²) in [7, 11) is -2.74. The van der Waals surface area contributed by atoms with Gasteiger partial charge in [-0.05, 0) is 54.4 Å². The Morgan fingerprint density at radius 1 is 0.974 bits per heavy atom.